The van der Waals surface area contributed by atoms with Gasteiger partial charge in [0.25, 0.3) is 0 Å². The molecule has 1 heteroatoms. The van der Waals surface area contributed by atoms with E-state index in [0.717, 1.165) is 0 Å². The molecule has 4 aliphatic rings. The number of hydrogen-bond acceptors (Lipinski definition) is 1. The molecule has 0 amide bonds. The molecule has 0 heterocycles. The number of rotatable bonds is 4. The number of fused-ring (bicyclic) bond motifs is 13. The maximum atomic E-state index is 2.60. The molecule has 0 saturated heterocycles. The fourth-order valence-corrected chi connectivity index (χ4v) is 10.9. The first-order valence-electron chi connectivity index (χ1n) is 19.6. The lowest BCUT2D eigenvalue weighted by atomic mass is 9.70. The maximum absolute atomic E-state index is 2.60. The average molecular weight is 682 g/mol. The third-order valence-electron chi connectivity index (χ3n) is 13.3. The lowest BCUT2D eigenvalue weighted by Gasteiger charge is -2.34. The quantitative estimate of drug-likeness (QED) is 0.179. The molecular weight excluding hydrogens is 639 g/mol. The van der Waals surface area contributed by atoms with Crippen LogP contribution in [0.2, 0.25) is 0 Å². The van der Waals surface area contributed by atoms with Crippen LogP contribution in [0, 0.1) is 0 Å². The predicted molar refractivity (Wildman–Crippen MR) is 221 cm³/mol. The second kappa shape index (κ2) is 11.4. The highest BCUT2D eigenvalue weighted by Crippen LogP contribution is 2.63. The Balaban J connectivity index is 1.18. The second-order valence-corrected chi connectivity index (χ2v) is 16.2. The smallest absolute Gasteiger partial charge is 0.0726 e. The van der Waals surface area contributed by atoms with Crippen LogP contribution >= 0.6 is 0 Å². The van der Waals surface area contributed by atoms with Crippen molar-refractivity contribution >= 4 is 17.1 Å². The minimum absolute atomic E-state index is 0.0859. The van der Waals surface area contributed by atoms with Crippen molar-refractivity contribution in [3.05, 3.63) is 197 Å². The molecule has 0 unspecified atom stereocenters. The monoisotopic (exact) mass is 681 g/mol. The van der Waals surface area contributed by atoms with Crippen molar-refractivity contribution in [3.8, 4) is 33.4 Å². The summed E-state index contributed by atoms with van der Waals surface area (Å²) in [6.45, 7) is 4.79. The van der Waals surface area contributed by atoms with Gasteiger partial charge in [-0.25, -0.2) is 0 Å². The van der Waals surface area contributed by atoms with Crippen LogP contribution in [0.1, 0.15) is 90.8 Å². The Morgan fingerprint density at radius 2 is 0.849 bits per heavy atom. The first-order valence-corrected chi connectivity index (χ1v) is 19.6. The number of benzene rings is 7. The molecule has 11 rings (SSSR count). The van der Waals surface area contributed by atoms with Gasteiger partial charge in [0.2, 0.25) is 0 Å². The largest absolute Gasteiger partial charge is 0.310 e. The van der Waals surface area contributed by atoms with Crippen LogP contribution in [0.4, 0.5) is 17.1 Å². The Morgan fingerprint density at radius 1 is 0.415 bits per heavy atom. The number of anilines is 3. The fourth-order valence-electron chi connectivity index (χ4n) is 10.9. The summed E-state index contributed by atoms with van der Waals surface area (Å²) in [6, 6.07) is 60.4. The molecule has 0 N–H and O–H groups in total. The zero-order valence-electron chi connectivity index (χ0n) is 30.6. The van der Waals surface area contributed by atoms with Crippen LogP contribution in [-0.4, -0.2) is 0 Å². The lowest BCUT2D eigenvalue weighted by molar-refractivity contribution is 0.444. The van der Waals surface area contributed by atoms with Gasteiger partial charge in [-0.1, -0.05) is 161 Å². The molecule has 1 saturated carbocycles. The van der Waals surface area contributed by atoms with Crippen LogP contribution in [-0.2, 0) is 10.8 Å². The van der Waals surface area contributed by atoms with Crippen molar-refractivity contribution in [2.75, 3.05) is 4.90 Å². The fraction of sp³-hybridized carbons (Fsp3) is 0.192. The molecule has 4 aliphatic carbocycles. The summed E-state index contributed by atoms with van der Waals surface area (Å²) < 4.78 is 0. The lowest BCUT2D eigenvalue weighted by Crippen LogP contribution is -2.26. The van der Waals surface area contributed by atoms with Gasteiger partial charge < -0.3 is 4.90 Å². The van der Waals surface area contributed by atoms with Crippen molar-refractivity contribution in [2.24, 2.45) is 0 Å². The Morgan fingerprint density at radius 3 is 1.43 bits per heavy atom. The summed E-state index contributed by atoms with van der Waals surface area (Å²) in [4.78, 5) is 2.60. The van der Waals surface area contributed by atoms with E-state index in [1.165, 1.54) is 121 Å². The van der Waals surface area contributed by atoms with Crippen molar-refractivity contribution in [3.63, 3.8) is 0 Å². The van der Waals surface area contributed by atoms with Crippen molar-refractivity contribution in [1.82, 2.24) is 0 Å². The van der Waals surface area contributed by atoms with Crippen LogP contribution in [0.3, 0.4) is 0 Å². The highest BCUT2D eigenvalue weighted by Gasteiger charge is 2.51. The third-order valence-corrected chi connectivity index (χ3v) is 13.3. The third kappa shape index (κ3) is 4.20. The molecule has 1 fully saturated rings. The van der Waals surface area contributed by atoms with Gasteiger partial charge in [-0.3, -0.25) is 0 Å². The summed E-state index contributed by atoms with van der Waals surface area (Å²) in [7, 11) is 0. The Bertz CT molecular complexity index is 2530. The summed E-state index contributed by atoms with van der Waals surface area (Å²) >= 11 is 0. The Labute approximate surface area is 313 Å². The zero-order chi connectivity index (χ0) is 35.3. The van der Waals surface area contributed by atoms with Crippen molar-refractivity contribution < 1.29 is 0 Å². The molecular formula is C52H43N. The standard InChI is InChI=1S/C52H43N/c1-51(2)44-23-11-6-19-38(44)42-30-28-35(32-48(42)51)53(50-27-15-10-18-37(50)34-16-4-3-5-17-34)36-29-31-43-41-22-9-14-26-47(41)52(49(43)33-36)45-24-12-7-20-39(45)40-21-8-13-25-46(40)52/h6-15,18-34H,3-5,16-17H2,1-2H3. The van der Waals surface area contributed by atoms with Gasteiger partial charge >= 0.3 is 0 Å². The van der Waals surface area contributed by atoms with E-state index < -0.39 is 0 Å². The van der Waals surface area contributed by atoms with Gasteiger partial charge in [0.1, 0.15) is 0 Å². The molecule has 7 aromatic carbocycles. The molecule has 0 atom stereocenters. The first kappa shape index (κ1) is 30.9. The van der Waals surface area contributed by atoms with E-state index in [9.17, 15) is 0 Å². The van der Waals surface area contributed by atoms with Gasteiger partial charge in [-0.2, -0.15) is 0 Å². The van der Waals surface area contributed by atoms with Crippen LogP contribution < -0.4 is 4.90 Å². The summed E-state index contributed by atoms with van der Waals surface area (Å²) in [5.74, 6) is 0.566. The van der Waals surface area contributed by atoms with Gasteiger partial charge in [-0.15, -0.1) is 0 Å². The average Bonchev–Trinajstić information content (AvgIpc) is 3.77. The molecule has 256 valence electrons. The molecule has 0 bridgehead atoms. The highest BCUT2D eigenvalue weighted by atomic mass is 15.1. The van der Waals surface area contributed by atoms with Gasteiger partial charge in [-0.05, 0) is 121 Å². The molecule has 0 aliphatic heterocycles. The molecule has 7 aromatic rings. The minimum Gasteiger partial charge on any atom is -0.310 e. The number of hydrogen-bond donors (Lipinski definition) is 0. The molecule has 1 spiro atoms. The first-order chi connectivity index (χ1) is 26.1. The Kier molecular flexibility index (Phi) is 6.66. The summed E-state index contributed by atoms with van der Waals surface area (Å²) in [5.41, 5.74) is 21.2. The summed E-state index contributed by atoms with van der Waals surface area (Å²) in [6.07, 6.45) is 6.48. The van der Waals surface area contributed by atoms with E-state index in [0.29, 0.717) is 5.92 Å². The topological polar surface area (TPSA) is 3.24 Å². The van der Waals surface area contributed by atoms with E-state index in [-0.39, 0.29) is 10.8 Å². The predicted octanol–water partition coefficient (Wildman–Crippen LogP) is 13.9. The maximum Gasteiger partial charge on any atom is 0.0726 e. The van der Waals surface area contributed by atoms with Crippen molar-refractivity contribution in [2.45, 2.75) is 62.7 Å². The molecule has 0 radical (unpaired) electrons. The SMILES string of the molecule is CC1(C)c2ccccc2-c2ccc(N(c3ccc4c(c3)C3(c5ccccc5-c5ccccc53)c3ccccc3-4)c3ccccc3C3CCCCC3)cc21. The minimum atomic E-state index is -0.384. The van der Waals surface area contributed by atoms with E-state index >= 15 is 0 Å². The molecule has 53 heavy (non-hydrogen) atoms. The van der Waals surface area contributed by atoms with Crippen LogP contribution in [0.15, 0.2) is 158 Å². The number of para-hydroxylation sites is 1. The van der Waals surface area contributed by atoms with Crippen LogP contribution in [0.25, 0.3) is 33.4 Å². The van der Waals surface area contributed by atoms with Crippen molar-refractivity contribution in [1.29, 1.82) is 0 Å². The summed E-state index contributed by atoms with van der Waals surface area (Å²) in [5, 5.41) is 0. The number of nitrogens with zero attached hydrogens (tertiary/aromatic N) is 1. The highest BCUT2D eigenvalue weighted by molar-refractivity contribution is 5.96. The zero-order valence-corrected chi connectivity index (χ0v) is 30.6. The molecule has 0 aromatic heterocycles. The van der Waals surface area contributed by atoms with E-state index in [1.54, 1.807) is 0 Å². The van der Waals surface area contributed by atoms with E-state index in [2.05, 4.69) is 176 Å². The second-order valence-electron chi connectivity index (χ2n) is 16.2. The van der Waals surface area contributed by atoms with Crippen LogP contribution in [0.5, 0.6) is 0 Å². The van der Waals surface area contributed by atoms with Gasteiger partial charge in [0.15, 0.2) is 0 Å². The van der Waals surface area contributed by atoms with E-state index in [4.69, 9.17) is 0 Å². The van der Waals surface area contributed by atoms with Gasteiger partial charge in [0, 0.05) is 22.5 Å². The normalized spacial score (nSPS) is 16.7. The van der Waals surface area contributed by atoms with Gasteiger partial charge in [0.05, 0.1) is 5.41 Å². The van der Waals surface area contributed by atoms with E-state index in [1.807, 2.05) is 0 Å². The Hall–Kier alpha value is -5.66. The molecule has 1 nitrogen and oxygen atoms in total.